The molecule has 1 fully saturated rings. The lowest BCUT2D eigenvalue weighted by Gasteiger charge is -2.40. The highest BCUT2D eigenvalue weighted by molar-refractivity contribution is 5.92. The lowest BCUT2D eigenvalue weighted by molar-refractivity contribution is -0.131. The molecule has 0 unspecified atom stereocenters. The molecule has 35 heavy (non-hydrogen) atoms. The van der Waals surface area contributed by atoms with Gasteiger partial charge in [-0.25, -0.2) is 9.59 Å². The van der Waals surface area contributed by atoms with Crippen molar-refractivity contribution >= 4 is 18.0 Å². The molecule has 2 amide bonds. The van der Waals surface area contributed by atoms with Crippen LogP contribution < -0.4 is 10.6 Å². The van der Waals surface area contributed by atoms with E-state index in [9.17, 15) is 19.5 Å². The number of aromatic nitrogens is 2. The van der Waals surface area contributed by atoms with E-state index < -0.39 is 17.6 Å². The van der Waals surface area contributed by atoms with Gasteiger partial charge in [-0.1, -0.05) is 48.5 Å². The van der Waals surface area contributed by atoms with Crippen LogP contribution in [0.25, 0.3) is 11.1 Å². The molecule has 2 aliphatic rings. The maximum atomic E-state index is 13.0. The number of hydrogen-bond acceptors (Lipinski definition) is 5. The summed E-state index contributed by atoms with van der Waals surface area (Å²) in [4.78, 5) is 37.1. The summed E-state index contributed by atoms with van der Waals surface area (Å²) in [6.45, 7) is 0.152. The van der Waals surface area contributed by atoms with E-state index in [0.29, 0.717) is 18.5 Å². The Balaban J connectivity index is 1.23. The number of nitrogens with zero attached hydrogens (tertiary/aromatic N) is 2. The Labute approximate surface area is 202 Å². The summed E-state index contributed by atoms with van der Waals surface area (Å²) in [5.74, 6) is -1.55. The Morgan fingerprint density at radius 1 is 1.09 bits per heavy atom. The molecule has 5 rings (SSSR count). The van der Waals surface area contributed by atoms with Crippen molar-refractivity contribution in [2.75, 3.05) is 6.61 Å². The molecule has 2 aromatic carbocycles. The molecule has 9 nitrogen and oxygen atoms in total. The summed E-state index contributed by atoms with van der Waals surface area (Å²) < 4.78 is 7.03. The first kappa shape index (κ1) is 22.6. The van der Waals surface area contributed by atoms with E-state index in [2.05, 4.69) is 27.9 Å². The highest BCUT2D eigenvalue weighted by atomic mass is 16.5. The summed E-state index contributed by atoms with van der Waals surface area (Å²) in [6.07, 6.45) is 2.37. The monoisotopic (exact) mass is 474 g/mol. The smallest absolute Gasteiger partial charge is 0.408 e. The number of aromatic carboxylic acids is 1. The predicted octanol–water partition coefficient (Wildman–Crippen LogP) is 3.20. The van der Waals surface area contributed by atoms with Gasteiger partial charge < -0.3 is 20.5 Å². The molecule has 0 bridgehead atoms. The number of aryl methyl sites for hydroxylation is 1. The van der Waals surface area contributed by atoms with Crippen LogP contribution in [-0.4, -0.2) is 45.0 Å². The van der Waals surface area contributed by atoms with Gasteiger partial charge in [-0.2, -0.15) is 5.10 Å². The van der Waals surface area contributed by atoms with Crippen molar-refractivity contribution in [3.63, 3.8) is 0 Å². The molecular weight excluding hydrogens is 448 g/mol. The van der Waals surface area contributed by atoms with E-state index in [1.54, 1.807) is 7.05 Å². The minimum absolute atomic E-state index is 0.00884. The van der Waals surface area contributed by atoms with Gasteiger partial charge in [0.25, 0.3) is 0 Å². The van der Waals surface area contributed by atoms with Crippen LogP contribution >= 0.6 is 0 Å². The van der Waals surface area contributed by atoms with E-state index in [1.165, 1.54) is 10.9 Å². The molecule has 1 aromatic heterocycles. The van der Waals surface area contributed by atoms with Crippen LogP contribution in [0.3, 0.4) is 0 Å². The number of carbonyl (C=O) groups is 3. The maximum absolute atomic E-state index is 13.0. The van der Waals surface area contributed by atoms with Crippen molar-refractivity contribution in [1.29, 1.82) is 0 Å². The second-order valence-corrected chi connectivity index (χ2v) is 9.00. The molecule has 0 atom stereocenters. The molecule has 3 aromatic rings. The largest absolute Gasteiger partial charge is 0.478 e. The van der Waals surface area contributed by atoms with E-state index >= 15 is 0 Å². The van der Waals surface area contributed by atoms with Gasteiger partial charge >= 0.3 is 12.1 Å². The molecular formula is C26H26N4O5. The lowest BCUT2D eigenvalue weighted by Crippen LogP contribution is -2.62. The quantitative estimate of drug-likeness (QED) is 0.483. The molecule has 0 spiro atoms. The Morgan fingerprint density at radius 2 is 1.71 bits per heavy atom. The number of carboxylic acid groups (broad SMARTS) is 1. The van der Waals surface area contributed by atoms with E-state index in [-0.39, 0.29) is 30.5 Å². The molecule has 9 heteroatoms. The van der Waals surface area contributed by atoms with Crippen molar-refractivity contribution in [2.24, 2.45) is 7.05 Å². The fraction of sp³-hybridized carbons (Fsp3) is 0.308. The number of carboxylic acids is 1. The number of amides is 2. The standard InChI is InChI=1S/C26H26N4O5/c1-30-22(20(13-28-30)23(31)32)14-27-24(33)26(11-6-12-26)29-25(34)35-15-21-18-9-4-2-7-16(18)17-8-3-5-10-19(17)21/h2-5,7-10,13,21H,6,11-12,14-15H2,1H3,(H,27,33)(H,29,34)(H,31,32). The summed E-state index contributed by atoms with van der Waals surface area (Å²) in [5, 5.41) is 18.8. The number of hydrogen-bond donors (Lipinski definition) is 3. The lowest BCUT2D eigenvalue weighted by atomic mass is 9.76. The fourth-order valence-electron chi connectivity index (χ4n) is 4.95. The minimum Gasteiger partial charge on any atom is -0.478 e. The number of fused-ring (bicyclic) bond motifs is 3. The van der Waals surface area contributed by atoms with Gasteiger partial charge in [0.2, 0.25) is 5.91 Å². The Morgan fingerprint density at radius 3 is 2.29 bits per heavy atom. The van der Waals surface area contributed by atoms with E-state index in [4.69, 9.17) is 4.74 Å². The molecule has 180 valence electrons. The normalized spacial score (nSPS) is 15.5. The van der Waals surface area contributed by atoms with Gasteiger partial charge in [0.05, 0.1) is 18.4 Å². The van der Waals surface area contributed by atoms with Crippen molar-refractivity contribution in [1.82, 2.24) is 20.4 Å². The Hall–Kier alpha value is -4.14. The van der Waals surface area contributed by atoms with Gasteiger partial charge in [0.15, 0.2) is 0 Å². The number of benzene rings is 2. The van der Waals surface area contributed by atoms with Crippen molar-refractivity contribution in [3.8, 4) is 11.1 Å². The second-order valence-electron chi connectivity index (χ2n) is 9.00. The topological polar surface area (TPSA) is 123 Å². The van der Waals surface area contributed by atoms with Crippen LogP contribution in [0.5, 0.6) is 0 Å². The molecule has 1 heterocycles. The predicted molar refractivity (Wildman–Crippen MR) is 127 cm³/mol. The van der Waals surface area contributed by atoms with Gasteiger partial charge in [0, 0.05) is 13.0 Å². The summed E-state index contributed by atoms with van der Waals surface area (Å²) >= 11 is 0. The molecule has 2 aliphatic carbocycles. The van der Waals surface area contributed by atoms with Crippen LogP contribution in [0.15, 0.2) is 54.7 Å². The number of carbonyl (C=O) groups excluding carboxylic acids is 2. The maximum Gasteiger partial charge on any atom is 0.408 e. The van der Waals surface area contributed by atoms with Crippen LogP contribution in [0.4, 0.5) is 4.79 Å². The number of nitrogens with one attached hydrogen (secondary N) is 2. The average Bonchev–Trinajstić information content (AvgIpc) is 3.36. The third kappa shape index (κ3) is 4.03. The number of rotatable bonds is 7. The molecule has 3 N–H and O–H groups in total. The van der Waals surface area contributed by atoms with Gasteiger partial charge in [-0.15, -0.1) is 0 Å². The van der Waals surface area contributed by atoms with E-state index in [0.717, 1.165) is 28.7 Å². The average molecular weight is 475 g/mol. The third-order valence-electron chi connectivity index (χ3n) is 7.04. The SMILES string of the molecule is Cn1ncc(C(=O)O)c1CNC(=O)C1(NC(=O)OCC2c3ccccc3-c3ccccc32)CCC1. The highest BCUT2D eigenvalue weighted by Gasteiger charge is 2.46. The van der Waals surface area contributed by atoms with Crippen LogP contribution in [-0.2, 0) is 23.1 Å². The summed E-state index contributed by atoms with van der Waals surface area (Å²) in [7, 11) is 1.61. The zero-order valence-electron chi connectivity index (χ0n) is 19.3. The van der Waals surface area contributed by atoms with Crippen LogP contribution in [0.2, 0.25) is 0 Å². The van der Waals surface area contributed by atoms with Crippen molar-refractivity contribution < 1.29 is 24.2 Å². The van der Waals surface area contributed by atoms with Crippen LogP contribution in [0, 0.1) is 0 Å². The van der Waals surface area contributed by atoms with Gasteiger partial charge in [-0.3, -0.25) is 9.48 Å². The zero-order valence-corrected chi connectivity index (χ0v) is 19.3. The summed E-state index contributed by atoms with van der Waals surface area (Å²) in [6, 6.07) is 16.2. The first-order valence-electron chi connectivity index (χ1n) is 11.6. The second kappa shape index (κ2) is 8.90. The van der Waals surface area contributed by atoms with Crippen LogP contribution in [0.1, 0.15) is 52.4 Å². The molecule has 0 aliphatic heterocycles. The highest BCUT2D eigenvalue weighted by Crippen LogP contribution is 2.44. The van der Waals surface area contributed by atoms with Gasteiger partial charge in [0.1, 0.15) is 17.7 Å². The van der Waals surface area contributed by atoms with E-state index in [1.807, 2.05) is 36.4 Å². The van der Waals surface area contributed by atoms with Crippen molar-refractivity contribution in [2.45, 2.75) is 37.3 Å². The third-order valence-corrected chi connectivity index (χ3v) is 7.04. The molecule has 0 radical (unpaired) electrons. The minimum atomic E-state index is -1.11. The summed E-state index contributed by atoms with van der Waals surface area (Å²) in [5.41, 5.74) is 3.85. The van der Waals surface area contributed by atoms with Gasteiger partial charge in [-0.05, 0) is 41.5 Å². The fourth-order valence-corrected chi connectivity index (χ4v) is 4.95. The number of ether oxygens (including phenoxy) is 1. The Kier molecular flexibility index (Phi) is 5.76. The number of alkyl carbamates (subject to hydrolysis) is 1. The first-order chi connectivity index (χ1) is 16.9. The first-order valence-corrected chi connectivity index (χ1v) is 11.6. The molecule has 1 saturated carbocycles. The Bertz CT molecular complexity index is 1270. The van der Waals surface area contributed by atoms with Crippen molar-refractivity contribution in [3.05, 3.63) is 77.1 Å². The zero-order chi connectivity index (χ0) is 24.6. The molecule has 0 saturated heterocycles.